The van der Waals surface area contributed by atoms with Crippen LogP contribution in [0, 0.1) is 0 Å². The quantitative estimate of drug-likeness (QED) is 0.813. The zero-order chi connectivity index (χ0) is 16.1. The highest BCUT2D eigenvalue weighted by Crippen LogP contribution is 2.27. The Bertz CT molecular complexity index is 672. The van der Waals surface area contributed by atoms with Crippen molar-refractivity contribution in [1.82, 2.24) is 0 Å². The number of hydrogen-bond acceptors (Lipinski definition) is 3. The van der Waals surface area contributed by atoms with E-state index in [1.54, 1.807) is 43.5 Å². The molecule has 2 aromatic rings. The fourth-order valence-electron chi connectivity index (χ4n) is 1.83. The smallest absolute Gasteiger partial charge is 0.243 e. The van der Waals surface area contributed by atoms with Crippen LogP contribution in [0.1, 0.15) is 0 Å². The largest absolute Gasteiger partial charge is 0.495 e. The predicted octanol–water partition coefficient (Wildman–Crippen LogP) is 4.71. The lowest BCUT2D eigenvalue weighted by Crippen LogP contribution is -2.22. The van der Waals surface area contributed by atoms with Gasteiger partial charge in [0, 0.05) is 20.8 Å². The minimum Gasteiger partial charge on any atom is -0.495 e. The number of benzene rings is 2. The Kier molecular flexibility index (Phi) is 5.77. The van der Waals surface area contributed by atoms with Crippen LogP contribution in [-0.2, 0) is 4.79 Å². The minimum atomic E-state index is -0.250. The van der Waals surface area contributed by atoms with Crippen LogP contribution in [0.5, 0.6) is 5.75 Å². The van der Waals surface area contributed by atoms with E-state index in [1.165, 1.54) is 0 Å². The summed E-state index contributed by atoms with van der Waals surface area (Å²) in [7, 11) is 1.54. The summed E-state index contributed by atoms with van der Waals surface area (Å²) in [5.74, 6) is 0.350. The van der Waals surface area contributed by atoms with Crippen LogP contribution >= 0.6 is 34.8 Å². The maximum absolute atomic E-state index is 12.0. The number of carbonyl (C=O) groups excluding carboxylic acids is 1. The molecule has 2 N–H and O–H groups in total. The lowest BCUT2D eigenvalue weighted by atomic mass is 10.3. The summed E-state index contributed by atoms with van der Waals surface area (Å²) in [4.78, 5) is 12.0. The molecule has 0 spiro atoms. The van der Waals surface area contributed by atoms with Gasteiger partial charge in [-0.15, -0.1) is 0 Å². The highest BCUT2D eigenvalue weighted by Gasteiger charge is 2.07. The van der Waals surface area contributed by atoms with Crippen molar-refractivity contribution < 1.29 is 9.53 Å². The molecular formula is C15H13Cl3N2O2. The molecule has 0 unspecified atom stereocenters. The van der Waals surface area contributed by atoms with Gasteiger partial charge in [-0.05, 0) is 36.4 Å². The first kappa shape index (κ1) is 16.7. The Balaban J connectivity index is 1.99. The van der Waals surface area contributed by atoms with Crippen LogP contribution in [0.15, 0.2) is 36.4 Å². The van der Waals surface area contributed by atoms with Gasteiger partial charge in [-0.2, -0.15) is 0 Å². The Morgan fingerprint density at radius 2 is 1.73 bits per heavy atom. The van der Waals surface area contributed by atoms with Crippen molar-refractivity contribution in [2.45, 2.75) is 0 Å². The van der Waals surface area contributed by atoms with Crippen molar-refractivity contribution in [3.05, 3.63) is 51.5 Å². The van der Waals surface area contributed by atoms with Gasteiger partial charge in [-0.1, -0.05) is 34.8 Å². The highest BCUT2D eigenvalue weighted by molar-refractivity contribution is 6.35. The molecule has 0 fully saturated rings. The zero-order valence-electron chi connectivity index (χ0n) is 11.6. The molecule has 2 aromatic carbocycles. The Hall–Kier alpha value is -1.62. The van der Waals surface area contributed by atoms with Crippen LogP contribution < -0.4 is 15.4 Å². The molecule has 22 heavy (non-hydrogen) atoms. The first-order valence-corrected chi connectivity index (χ1v) is 7.44. The molecule has 0 aromatic heterocycles. The van der Waals surface area contributed by atoms with Crippen molar-refractivity contribution in [3.8, 4) is 5.75 Å². The Morgan fingerprint density at radius 1 is 1.05 bits per heavy atom. The molecule has 0 heterocycles. The Labute approximate surface area is 143 Å². The van der Waals surface area contributed by atoms with Crippen molar-refractivity contribution >= 4 is 52.1 Å². The van der Waals surface area contributed by atoms with E-state index in [2.05, 4.69) is 10.6 Å². The molecule has 116 valence electrons. The summed E-state index contributed by atoms with van der Waals surface area (Å²) in [5, 5.41) is 7.12. The van der Waals surface area contributed by atoms with Gasteiger partial charge in [-0.25, -0.2) is 0 Å². The molecule has 0 saturated carbocycles. The van der Waals surface area contributed by atoms with Crippen LogP contribution in [0.3, 0.4) is 0 Å². The number of rotatable bonds is 5. The summed E-state index contributed by atoms with van der Waals surface area (Å²) in [6.07, 6.45) is 0. The number of carbonyl (C=O) groups is 1. The fourth-order valence-corrected chi connectivity index (χ4v) is 2.52. The summed E-state index contributed by atoms with van der Waals surface area (Å²) in [5.41, 5.74) is 1.16. The molecule has 0 radical (unpaired) electrons. The van der Waals surface area contributed by atoms with E-state index in [9.17, 15) is 4.79 Å². The molecule has 0 aliphatic carbocycles. The molecule has 7 heteroatoms. The maximum atomic E-state index is 12.0. The number of amides is 1. The predicted molar refractivity (Wildman–Crippen MR) is 91.6 cm³/mol. The van der Waals surface area contributed by atoms with Crippen molar-refractivity contribution in [3.63, 3.8) is 0 Å². The molecule has 0 bridgehead atoms. The topological polar surface area (TPSA) is 50.4 Å². The standard InChI is InChI=1S/C15H13Cl3N2O2/c1-22-14-3-2-9(16)7-13(14)19-8-15(21)20-12-5-10(17)4-11(18)6-12/h2-7,19H,8H2,1H3,(H,20,21). The van der Waals surface area contributed by atoms with E-state index < -0.39 is 0 Å². The van der Waals surface area contributed by atoms with Crippen LogP contribution in [0.25, 0.3) is 0 Å². The van der Waals surface area contributed by atoms with Gasteiger partial charge in [0.2, 0.25) is 5.91 Å². The number of hydrogen-bond donors (Lipinski definition) is 2. The second-order valence-electron chi connectivity index (χ2n) is 4.40. The first-order valence-electron chi connectivity index (χ1n) is 6.31. The zero-order valence-corrected chi connectivity index (χ0v) is 13.9. The van der Waals surface area contributed by atoms with Gasteiger partial charge in [0.15, 0.2) is 0 Å². The van der Waals surface area contributed by atoms with Crippen molar-refractivity contribution in [2.75, 3.05) is 24.3 Å². The monoisotopic (exact) mass is 358 g/mol. The third-order valence-corrected chi connectivity index (χ3v) is 3.42. The number of halogens is 3. The maximum Gasteiger partial charge on any atom is 0.243 e. The van der Waals surface area contributed by atoms with E-state index in [0.717, 1.165) is 0 Å². The third-order valence-electron chi connectivity index (χ3n) is 2.75. The van der Waals surface area contributed by atoms with E-state index in [4.69, 9.17) is 39.5 Å². The summed E-state index contributed by atoms with van der Waals surface area (Å²) in [6.45, 7) is 0.0425. The van der Waals surface area contributed by atoms with Crippen LogP contribution in [-0.4, -0.2) is 19.6 Å². The number of anilines is 2. The summed E-state index contributed by atoms with van der Waals surface area (Å²) in [6, 6.07) is 9.94. The molecule has 1 amide bonds. The van der Waals surface area contributed by atoms with Crippen molar-refractivity contribution in [2.24, 2.45) is 0 Å². The third kappa shape index (κ3) is 4.70. The van der Waals surface area contributed by atoms with Crippen molar-refractivity contribution in [1.29, 1.82) is 0 Å². The number of methoxy groups -OCH3 is 1. The molecule has 4 nitrogen and oxygen atoms in total. The molecule has 2 rings (SSSR count). The number of nitrogens with one attached hydrogen (secondary N) is 2. The Morgan fingerprint density at radius 3 is 2.36 bits per heavy atom. The van der Waals surface area contributed by atoms with E-state index in [-0.39, 0.29) is 12.5 Å². The molecular weight excluding hydrogens is 347 g/mol. The SMILES string of the molecule is COc1ccc(Cl)cc1NCC(=O)Nc1cc(Cl)cc(Cl)c1. The second kappa shape index (κ2) is 7.58. The fraction of sp³-hybridized carbons (Fsp3) is 0.133. The first-order chi connectivity index (χ1) is 10.5. The van der Waals surface area contributed by atoms with Crippen LogP contribution in [0.2, 0.25) is 15.1 Å². The van der Waals surface area contributed by atoms with E-state index >= 15 is 0 Å². The lowest BCUT2D eigenvalue weighted by molar-refractivity contribution is -0.114. The minimum absolute atomic E-state index is 0.0425. The van der Waals surface area contributed by atoms with E-state index in [0.29, 0.717) is 32.2 Å². The average Bonchev–Trinajstić information content (AvgIpc) is 2.44. The van der Waals surface area contributed by atoms with Gasteiger partial charge >= 0.3 is 0 Å². The van der Waals surface area contributed by atoms with Crippen LogP contribution in [0.4, 0.5) is 11.4 Å². The summed E-state index contributed by atoms with van der Waals surface area (Å²) >= 11 is 17.7. The van der Waals surface area contributed by atoms with Gasteiger partial charge in [0.05, 0.1) is 19.3 Å². The van der Waals surface area contributed by atoms with Gasteiger partial charge in [-0.3, -0.25) is 4.79 Å². The molecule has 0 aliphatic heterocycles. The second-order valence-corrected chi connectivity index (χ2v) is 5.71. The average molecular weight is 360 g/mol. The van der Waals surface area contributed by atoms with Gasteiger partial charge < -0.3 is 15.4 Å². The van der Waals surface area contributed by atoms with Gasteiger partial charge in [0.1, 0.15) is 5.75 Å². The highest BCUT2D eigenvalue weighted by atomic mass is 35.5. The normalized spacial score (nSPS) is 10.2. The molecule has 0 atom stereocenters. The van der Waals surface area contributed by atoms with Gasteiger partial charge in [0.25, 0.3) is 0 Å². The summed E-state index contributed by atoms with van der Waals surface area (Å²) < 4.78 is 5.19. The van der Waals surface area contributed by atoms with E-state index in [1.807, 2.05) is 0 Å². The number of ether oxygens (including phenoxy) is 1. The lowest BCUT2D eigenvalue weighted by Gasteiger charge is -2.12. The molecule has 0 aliphatic rings. The molecule has 0 saturated heterocycles.